The maximum absolute atomic E-state index is 12.5. The predicted molar refractivity (Wildman–Crippen MR) is 108 cm³/mol. The number of nitrogens with one attached hydrogen (secondary N) is 1. The van der Waals surface area contributed by atoms with Gasteiger partial charge in [0.2, 0.25) is 0 Å². The Labute approximate surface area is 168 Å². The highest BCUT2D eigenvalue weighted by Crippen LogP contribution is 2.30. The number of non-ortho nitro benzene ring substituents is 1. The van der Waals surface area contributed by atoms with E-state index in [0.717, 1.165) is 5.56 Å². The molecule has 9 heteroatoms. The second-order valence-corrected chi connectivity index (χ2v) is 6.97. The van der Waals surface area contributed by atoms with Crippen molar-refractivity contribution in [3.63, 3.8) is 0 Å². The van der Waals surface area contributed by atoms with Gasteiger partial charge in [-0.3, -0.25) is 19.6 Å². The molecule has 0 aliphatic carbocycles. The number of benzene rings is 2. The van der Waals surface area contributed by atoms with Crippen LogP contribution in [0.2, 0.25) is 0 Å². The molecular formula is C18H15IN4O4. The second kappa shape index (κ2) is 7.74. The standard InChI is InChI=1S/C18H15IN4O4/c1-11-3-5-14(6-4-11)27-15-8-12(7-13(9-15)23(25)26)21-18(24)17-16(19)10-20-22(17)2/h3-10H,1-2H3,(H,21,24). The number of carbonyl (C=O) groups is 1. The van der Waals surface area contributed by atoms with E-state index < -0.39 is 10.8 Å². The third-order valence-corrected chi connectivity index (χ3v) is 4.52. The number of carbonyl (C=O) groups excluding carboxylic acids is 1. The van der Waals surface area contributed by atoms with Crippen molar-refractivity contribution in [3.05, 3.63) is 73.6 Å². The fraction of sp³-hybridized carbons (Fsp3) is 0.111. The summed E-state index contributed by atoms with van der Waals surface area (Å²) in [6.45, 7) is 1.95. The molecule has 2 aromatic carbocycles. The Hall–Kier alpha value is -2.95. The molecule has 0 bridgehead atoms. The van der Waals surface area contributed by atoms with Crippen LogP contribution in [0.4, 0.5) is 11.4 Å². The van der Waals surface area contributed by atoms with Gasteiger partial charge < -0.3 is 10.1 Å². The third-order valence-electron chi connectivity index (χ3n) is 3.73. The molecule has 27 heavy (non-hydrogen) atoms. The first-order valence-corrected chi connectivity index (χ1v) is 8.94. The van der Waals surface area contributed by atoms with Gasteiger partial charge in [0.15, 0.2) is 0 Å². The van der Waals surface area contributed by atoms with E-state index in [0.29, 0.717) is 15.0 Å². The maximum Gasteiger partial charge on any atom is 0.275 e. The number of hydrogen-bond acceptors (Lipinski definition) is 5. The number of hydrogen-bond donors (Lipinski definition) is 1. The summed E-state index contributed by atoms with van der Waals surface area (Å²) in [5.74, 6) is 0.379. The Morgan fingerprint density at radius 1 is 1.22 bits per heavy atom. The fourth-order valence-corrected chi connectivity index (χ4v) is 3.14. The molecular weight excluding hydrogens is 463 g/mol. The number of nitro benzene ring substituents is 1. The van der Waals surface area contributed by atoms with Crippen molar-refractivity contribution in [2.75, 3.05) is 5.32 Å². The van der Waals surface area contributed by atoms with Gasteiger partial charge in [-0.25, -0.2) is 0 Å². The van der Waals surface area contributed by atoms with Crippen molar-refractivity contribution in [1.29, 1.82) is 0 Å². The lowest BCUT2D eigenvalue weighted by atomic mass is 10.2. The number of aromatic nitrogens is 2. The summed E-state index contributed by atoms with van der Waals surface area (Å²) in [7, 11) is 1.65. The van der Waals surface area contributed by atoms with Crippen LogP contribution in [0.15, 0.2) is 48.7 Å². The minimum Gasteiger partial charge on any atom is -0.457 e. The Balaban J connectivity index is 1.90. The molecule has 0 saturated heterocycles. The molecule has 1 aromatic heterocycles. The molecule has 3 rings (SSSR count). The van der Waals surface area contributed by atoms with Gasteiger partial charge in [-0.2, -0.15) is 5.10 Å². The molecule has 1 heterocycles. The highest BCUT2D eigenvalue weighted by atomic mass is 127. The van der Waals surface area contributed by atoms with Gasteiger partial charge in [-0.05, 0) is 41.6 Å². The van der Waals surface area contributed by atoms with E-state index in [2.05, 4.69) is 10.4 Å². The van der Waals surface area contributed by atoms with E-state index in [1.165, 1.54) is 22.9 Å². The first-order chi connectivity index (χ1) is 12.8. The van der Waals surface area contributed by atoms with Crippen molar-refractivity contribution in [2.24, 2.45) is 7.05 Å². The molecule has 1 N–H and O–H groups in total. The van der Waals surface area contributed by atoms with Crippen molar-refractivity contribution >= 4 is 39.9 Å². The molecule has 0 saturated carbocycles. The quantitative estimate of drug-likeness (QED) is 0.335. The largest absolute Gasteiger partial charge is 0.457 e. The molecule has 138 valence electrons. The van der Waals surface area contributed by atoms with E-state index in [9.17, 15) is 14.9 Å². The predicted octanol–water partition coefficient (Wildman–Crippen LogP) is 4.29. The average Bonchev–Trinajstić information content (AvgIpc) is 2.95. The smallest absolute Gasteiger partial charge is 0.275 e. The van der Waals surface area contributed by atoms with E-state index in [1.54, 1.807) is 25.4 Å². The molecule has 0 atom stereocenters. The van der Waals surface area contributed by atoms with Gasteiger partial charge in [0.05, 0.1) is 26.4 Å². The van der Waals surface area contributed by atoms with E-state index in [1.807, 2.05) is 41.6 Å². The van der Waals surface area contributed by atoms with E-state index in [-0.39, 0.29) is 17.1 Å². The zero-order valence-corrected chi connectivity index (χ0v) is 16.6. The summed E-state index contributed by atoms with van der Waals surface area (Å²) in [6, 6.07) is 11.4. The third kappa shape index (κ3) is 4.42. The molecule has 8 nitrogen and oxygen atoms in total. The van der Waals surface area contributed by atoms with Gasteiger partial charge in [0.1, 0.15) is 17.2 Å². The van der Waals surface area contributed by atoms with E-state index in [4.69, 9.17) is 4.74 Å². The number of nitro groups is 1. The first kappa shape index (κ1) is 18.8. The van der Waals surface area contributed by atoms with E-state index >= 15 is 0 Å². The number of rotatable bonds is 5. The lowest BCUT2D eigenvalue weighted by Gasteiger charge is -2.10. The number of halogens is 1. The van der Waals surface area contributed by atoms with Gasteiger partial charge in [-0.1, -0.05) is 17.7 Å². The Kier molecular flexibility index (Phi) is 5.40. The van der Waals surface area contributed by atoms with Crippen LogP contribution in [0.3, 0.4) is 0 Å². The Morgan fingerprint density at radius 3 is 2.52 bits per heavy atom. The van der Waals surface area contributed by atoms with Crippen molar-refractivity contribution < 1.29 is 14.5 Å². The molecule has 3 aromatic rings. The lowest BCUT2D eigenvalue weighted by molar-refractivity contribution is -0.384. The maximum atomic E-state index is 12.5. The summed E-state index contributed by atoms with van der Waals surface area (Å²) >= 11 is 2.00. The number of amides is 1. The summed E-state index contributed by atoms with van der Waals surface area (Å²) in [5.41, 5.74) is 1.51. The van der Waals surface area contributed by atoms with Crippen LogP contribution in [0.25, 0.3) is 0 Å². The fourth-order valence-electron chi connectivity index (χ4n) is 2.42. The molecule has 1 amide bonds. The molecule has 0 fully saturated rings. The topological polar surface area (TPSA) is 99.3 Å². The van der Waals surface area contributed by atoms with Crippen molar-refractivity contribution in [3.8, 4) is 11.5 Å². The minimum atomic E-state index is -0.536. The Morgan fingerprint density at radius 2 is 1.93 bits per heavy atom. The zero-order valence-electron chi connectivity index (χ0n) is 14.5. The van der Waals surface area contributed by atoms with Crippen LogP contribution in [0, 0.1) is 20.6 Å². The second-order valence-electron chi connectivity index (χ2n) is 5.81. The number of aryl methyl sites for hydroxylation is 2. The number of ether oxygens (including phenoxy) is 1. The number of nitrogens with zero attached hydrogens (tertiary/aromatic N) is 3. The van der Waals surface area contributed by atoms with Crippen LogP contribution in [0.5, 0.6) is 11.5 Å². The zero-order chi connectivity index (χ0) is 19.6. The summed E-state index contributed by atoms with van der Waals surface area (Å²) in [4.78, 5) is 23.2. The minimum absolute atomic E-state index is 0.186. The number of anilines is 1. The van der Waals surface area contributed by atoms with Crippen LogP contribution in [-0.4, -0.2) is 20.6 Å². The van der Waals surface area contributed by atoms with Crippen LogP contribution >= 0.6 is 22.6 Å². The van der Waals surface area contributed by atoms with Crippen molar-refractivity contribution in [2.45, 2.75) is 6.92 Å². The molecule has 0 spiro atoms. The van der Waals surface area contributed by atoms with Gasteiger partial charge in [0.25, 0.3) is 11.6 Å². The highest BCUT2D eigenvalue weighted by Gasteiger charge is 2.18. The van der Waals surface area contributed by atoms with Crippen molar-refractivity contribution in [1.82, 2.24) is 9.78 Å². The van der Waals surface area contributed by atoms with Crippen LogP contribution in [-0.2, 0) is 7.05 Å². The molecule has 0 radical (unpaired) electrons. The first-order valence-electron chi connectivity index (χ1n) is 7.86. The molecule has 0 aliphatic rings. The summed E-state index contributed by atoms with van der Waals surface area (Å²) < 4.78 is 7.83. The summed E-state index contributed by atoms with van der Waals surface area (Å²) in [6.07, 6.45) is 1.56. The van der Waals surface area contributed by atoms with Gasteiger partial charge >= 0.3 is 0 Å². The Bertz CT molecular complexity index is 995. The summed E-state index contributed by atoms with van der Waals surface area (Å²) in [5, 5.41) is 17.9. The van der Waals surface area contributed by atoms with Crippen LogP contribution in [0.1, 0.15) is 16.1 Å². The van der Waals surface area contributed by atoms with Gasteiger partial charge in [-0.15, -0.1) is 0 Å². The SMILES string of the molecule is Cc1ccc(Oc2cc(NC(=O)c3c(I)cnn3C)cc([N+](=O)[O-])c2)cc1. The normalized spacial score (nSPS) is 10.5. The molecule has 0 aliphatic heterocycles. The monoisotopic (exact) mass is 478 g/mol. The lowest BCUT2D eigenvalue weighted by Crippen LogP contribution is -2.17. The highest BCUT2D eigenvalue weighted by molar-refractivity contribution is 14.1. The average molecular weight is 478 g/mol. The van der Waals surface area contributed by atoms with Crippen LogP contribution < -0.4 is 10.1 Å². The molecule has 0 unspecified atom stereocenters. The van der Waals surface area contributed by atoms with Gasteiger partial charge in [0, 0.05) is 19.2 Å².